The largest absolute Gasteiger partial charge is 0.341 e. The summed E-state index contributed by atoms with van der Waals surface area (Å²) >= 11 is 1.47. The van der Waals surface area contributed by atoms with E-state index in [9.17, 15) is 9.59 Å². The molecule has 4 nitrogen and oxygen atoms in total. The van der Waals surface area contributed by atoms with Crippen LogP contribution in [0, 0.1) is 5.41 Å². The Labute approximate surface area is 145 Å². The Morgan fingerprint density at radius 3 is 2.54 bits per heavy atom. The molecule has 126 valence electrons. The monoisotopic (exact) mass is 342 g/mol. The van der Waals surface area contributed by atoms with Gasteiger partial charge in [-0.25, -0.2) is 0 Å². The fourth-order valence-corrected chi connectivity index (χ4v) is 4.54. The molecule has 5 heteroatoms. The van der Waals surface area contributed by atoms with Crippen molar-refractivity contribution >= 4 is 33.2 Å². The van der Waals surface area contributed by atoms with Gasteiger partial charge in [0.1, 0.15) is 6.04 Å². The second-order valence-electron chi connectivity index (χ2n) is 7.17. The molecule has 2 fully saturated rings. The third-order valence-corrected chi connectivity index (χ3v) is 6.58. The summed E-state index contributed by atoms with van der Waals surface area (Å²) < 4.78 is 1.09. The molecule has 1 spiro atoms. The van der Waals surface area contributed by atoms with Gasteiger partial charge in [-0.15, -0.1) is 11.3 Å². The van der Waals surface area contributed by atoms with E-state index in [2.05, 4.69) is 5.32 Å². The molecule has 1 saturated heterocycles. The number of amides is 2. The minimum absolute atomic E-state index is 0.0416. The van der Waals surface area contributed by atoms with Crippen LogP contribution in [-0.4, -0.2) is 35.8 Å². The van der Waals surface area contributed by atoms with Crippen molar-refractivity contribution < 1.29 is 9.59 Å². The maximum absolute atomic E-state index is 12.6. The van der Waals surface area contributed by atoms with Gasteiger partial charge in [0.2, 0.25) is 5.91 Å². The van der Waals surface area contributed by atoms with E-state index in [4.69, 9.17) is 0 Å². The Hall–Kier alpha value is -1.88. The van der Waals surface area contributed by atoms with Gasteiger partial charge in [-0.1, -0.05) is 18.2 Å². The summed E-state index contributed by atoms with van der Waals surface area (Å²) in [6, 6.07) is 9.35. The van der Waals surface area contributed by atoms with Crippen molar-refractivity contribution in [1.29, 1.82) is 0 Å². The van der Waals surface area contributed by atoms with Gasteiger partial charge in [-0.2, -0.15) is 0 Å². The Balaban J connectivity index is 1.38. The number of carbonyl (C=O) groups excluding carboxylic acids is 2. The van der Waals surface area contributed by atoms with Crippen molar-refractivity contribution in [2.45, 2.75) is 38.6 Å². The molecule has 2 aromatic rings. The van der Waals surface area contributed by atoms with Crippen molar-refractivity contribution in [2.75, 3.05) is 13.1 Å². The maximum Gasteiger partial charge on any atom is 0.262 e. The molecule has 1 aliphatic carbocycles. The highest BCUT2D eigenvalue weighted by molar-refractivity contribution is 7.20. The van der Waals surface area contributed by atoms with Crippen LogP contribution in [0.4, 0.5) is 0 Å². The fourth-order valence-electron chi connectivity index (χ4n) is 3.58. The first-order chi connectivity index (χ1) is 11.6. The molecule has 1 saturated carbocycles. The summed E-state index contributed by atoms with van der Waals surface area (Å²) in [7, 11) is 0. The molecule has 2 heterocycles. The molecule has 24 heavy (non-hydrogen) atoms. The number of likely N-dealkylation sites (tertiary alicyclic amines) is 1. The number of thiophene rings is 1. The van der Waals surface area contributed by atoms with E-state index in [1.165, 1.54) is 24.2 Å². The van der Waals surface area contributed by atoms with Crippen LogP contribution >= 0.6 is 11.3 Å². The zero-order valence-corrected chi connectivity index (χ0v) is 14.7. The minimum atomic E-state index is -0.476. The Bertz CT molecular complexity index is 751. The number of fused-ring (bicyclic) bond motifs is 1. The highest BCUT2D eigenvalue weighted by Crippen LogP contribution is 2.53. The molecule has 2 aliphatic rings. The quantitative estimate of drug-likeness (QED) is 0.929. The van der Waals surface area contributed by atoms with E-state index in [0.29, 0.717) is 10.3 Å². The smallest absolute Gasteiger partial charge is 0.262 e. The van der Waals surface area contributed by atoms with Crippen molar-refractivity contribution in [3.8, 4) is 0 Å². The summed E-state index contributed by atoms with van der Waals surface area (Å²) in [5, 5.41) is 3.94. The molecular weight excluding hydrogens is 320 g/mol. The lowest BCUT2D eigenvalue weighted by atomic mass is 9.93. The second-order valence-corrected chi connectivity index (χ2v) is 8.25. The zero-order chi connectivity index (χ0) is 16.7. The minimum Gasteiger partial charge on any atom is -0.341 e. The van der Waals surface area contributed by atoms with Crippen LogP contribution in [0.25, 0.3) is 10.1 Å². The summed E-state index contributed by atoms with van der Waals surface area (Å²) in [5.74, 6) is -0.118. The summed E-state index contributed by atoms with van der Waals surface area (Å²) in [6.45, 7) is 3.46. The van der Waals surface area contributed by atoms with Crippen LogP contribution in [0.3, 0.4) is 0 Å². The first-order valence-electron chi connectivity index (χ1n) is 8.65. The summed E-state index contributed by atoms with van der Waals surface area (Å²) in [4.78, 5) is 27.6. The molecule has 1 aromatic heterocycles. The summed E-state index contributed by atoms with van der Waals surface area (Å²) in [5.41, 5.74) is 0.556. The molecule has 0 unspecified atom stereocenters. The van der Waals surface area contributed by atoms with E-state index < -0.39 is 6.04 Å². The molecule has 1 N–H and O–H groups in total. The van der Waals surface area contributed by atoms with Crippen molar-refractivity contribution in [1.82, 2.24) is 10.2 Å². The van der Waals surface area contributed by atoms with Crippen LogP contribution in [0.15, 0.2) is 30.3 Å². The number of nitrogens with one attached hydrogen (secondary N) is 1. The SMILES string of the molecule is C[C@@H](NC(=O)c1cc2ccccc2s1)C(=O)N1CCC2(CC1)CC2. The van der Waals surface area contributed by atoms with Crippen LogP contribution in [-0.2, 0) is 4.79 Å². The summed E-state index contributed by atoms with van der Waals surface area (Å²) in [6.07, 6.45) is 4.89. The number of nitrogens with zero attached hydrogens (tertiary/aromatic N) is 1. The lowest BCUT2D eigenvalue weighted by Gasteiger charge is -2.33. The highest BCUT2D eigenvalue weighted by Gasteiger charge is 2.45. The second kappa shape index (κ2) is 5.88. The van der Waals surface area contributed by atoms with Crippen LogP contribution < -0.4 is 5.32 Å². The molecule has 2 amide bonds. The van der Waals surface area contributed by atoms with E-state index >= 15 is 0 Å². The first kappa shape index (κ1) is 15.6. The number of benzene rings is 1. The molecular formula is C19H22N2O2S. The third-order valence-electron chi connectivity index (χ3n) is 5.46. The number of hydrogen-bond acceptors (Lipinski definition) is 3. The Morgan fingerprint density at radius 1 is 1.17 bits per heavy atom. The molecule has 1 aliphatic heterocycles. The topological polar surface area (TPSA) is 49.4 Å². The zero-order valence-electron chi connectivity index (χ0n) is 13.9. The van der Waals surface area contributed by atoms with E-state index in [1.54, 1.807) is 6.92 Å². The number of piperidine rings is 1. The molecule has 1 atom stereocenters. The standard InChI is InChI=1S/C19H22N2O2S/c1-13(18(23)21-10-8-19(6-7-19)9-11-21)20-17(22)16-12-14-4-2-3-5-15(14)24-16/h2-5,12-13H,6-11H2,1H3,(H,20,22)/t13-/m1/s1. The predicted octanol–water partition coefficient (Wildman–Crippen LogP) is 3.42. The van der Waals surface area contributed by atoms with Crippen LogP contribution in [0.1, 0.15) is 42.3 Å². The molecule has 4 rings (SSSR count). The molecule has 0 radical (unpaired) electrons. The normalized spacial score (nSPS) is 20.1. The van der Waals surface area contributed by atoms with Gasteiger partial charge in [0.05, 0.1) is 4.88 Å². The molecule has 1 aromatic carbocycles. The maximum atomic E-state index is 12.6. The number of carbonyl (C=O) groups is 2. The average Bonchev–Trinajstić information content (AvgIpc) is 3.20. The van der Waals surface area contributed by atoms with Gasteiger partial charge < -0.3 is 10.2 Å². The van der Waals surface area contributed by atoms with Gasteiger partial charge >= 0.3 is 0 Å². The lowest BCUT2D eigenvalue weighted by Crippen LogP contribution is -2.49. The first-order valence-corrected chi connectivity index (χ1v) is 9.46. The van der Waals surface area contributed by atoms with Gasteiger partial charge in [0, 0.05) is 17.8 Å². The van der Waals surface area contributed by atoms with Crippen molar-refractivity contribution in [3.05, 3.63) is 35.2 Å². The number of hydrogen-bond donors (Lipinski definition) is 1. The van der Waals surface area contributed by atoms with E-state index in [1.807, 2.05) is 35.2 Å². The van der Waals surface area contributed by atoms with Crippen molar-refractivity contribution in [3.63, 3.8) is 0 Å². The highest BCUT2D eigenvalue weighted by atomic mass is 32.1. The van der Waals surface area contributed by atoms with Crippen LogP contribution in [0.5, 0.6) is 0 Å². The lowest BCUT2D eigenvalue weighted by molar-refractivity contribution is -0.134. The molecule has 0 bridgehead atoms. The Morgan fingerprint density at radius 2 is 1.88 bits per heavy atom. The van der Waals surface area contributed by atoms with Gasteiger partial charge in [-0.3, -0.25) is 9.59 Å². The van der Waals surface area contributed by atoms with Crippen molar-refractivity contribution in [2.24, 2.45) is 5.41 Å². The average molecular weight is 342 g/mol. The van der Waals surface area contributed by atoms with Crippen LogP contribution in [0.2, 0.25) is 0 Å². The number of rotatable bonds is 3. The fraction of sp³-hybridized carbons (Fsp3) is 0.474. The Kier molecular flexibility index (Phi) is 3.83. The predicted molar refractivity (Wildman–Crippen MR) is 96.2 cm³/mol. The van der Waals surface area contributed by atoms with Gasteiger partial charge in [0.25, 0.3) is 5.91 Å². The van der Waals surface area contributed by atoms with E-state index in [-0.39, 0.29) is 11.8 Å². The van der Waals surface area contributed by atoms with Gasteiger partial charge in [-0.05, 0) is 55.5 Å². The third kappa shape index (κ3) is 2.93. The van der Waals surface area contributed by atoms with Gasteiger partial charge in [0.15, 0.2) is 0 Å². The van der Waals surface area contributed by atoms with E-state index in [0.717, 1.165) is 36.0 Å².